The molecular weight excluding hydrogens is 250 g/mol. The summed E-state index contributed by atoms with van der Waals surface area (Å²) in [5.41, 5.74) is 4.48. The maximum absolute atomic E-state index is 5.92. The Labute approximate surface area is 122 Å². The molecule has 0 aliphatic heterocycles. The highest BCUT2D eigenvalue weighted by Gasteiger charge is 2.43. The van der Waals surface area contributed by atoms with Gasteiger partial charge >= 0.3 is 0 Å². The van der Waals surface area contributed by atoms with Crippen molar-refractivity contribution in [3.63, 3.8) is 0 Å². The average Bonchev–Trinajstić information content (AvgIpc) is 2.81. The zero-order chi connectivity index (χ0) is 14.8. The largest absolute Gasteiger partial charge is 0.302 e. The minimum Gasteiger partial charge on any atom is -0.302 e. The van der Waals surface area contributed by atoms with Crippen molar-refractivity contribution in [1.82, 2.24) is 20.1 Å². The molecule has 3 atom stereocenters. The van der Waals surface area contributed by atoms with Crippen LogP contribution in [0.5, 0.6) is 0 Å². The van der Waals surface area contributed by atoms with Gasteiger partial charge in [0.05, 0.1) is 6.20 Å². The quantitative estimate of drug-likeness (QED) is 0.630. The molecule has 1 fully saturated rings. The molecule has 1 saturated carbocycles. The minimum absolute atomic E-state index is 0.141. The van der Waals surface area contributed by atoms with Gasteiger partial charge in [-0.15, -0.1) is 0 Å². The number of aryl methyl sites for hydroxylation is 1. The Balaban J connectivity index is 2.20. The molecule has 0 bridgehead atoms. The van der Waals surface area contributed by atoms with E-state index in [-0.39, 0.29) is 11.6 Å². The summed E-state index contributed by atoms with van der Waals surface area (Å²) in [6.07, 6.45) is 9.98. The zero-order valence-corrected chi connectivity index (χ0v) is 13.3. The normalized spacial score (nSPS) is 28.8. The Bertz CT molecular complexity index is 428. The molecule has 5 nitrogen and oxygen atoms in total. The third kappa shape index (κ3) is 3.05. The van der Waals surface area contributed by atoms with Gasteiger partial charge in [0.1, 0.15) is 0 Å². The van der Waals surface area contributed by atoms with Crippen molar-refractivity contribution in [2.24, 2.45) is 18.8 Å². The van der Waals surface area contributed by atoms with Crippen LogP contribution in [-0.2, 0) is 13.5 Å². The second kappa shape index (κ2) is 6.24. The molecule has 1 heterocycles. The topological polar surface area (TPSA) is 59.1 Å². The van der Waals surface area contributed by atoms with Crippen LogP contribution in [0.25, 0.3) is 0 Å². The van der Waals surface area contributed by atoms with Gasteiger partial charge < -0.3 is 4.90 Å². The maximum atomic E-state index is 5.92. The molecule has 2 rings (SSSR count). The number of nitrogens with one attached hydrogen (secondary N) is 1. The van der Waals surface area contributed by atoms with E-state index in [2.05, 4.69) is 42.6 Å². The van der Waals surface area contributed by atoms with Crippen LogP contribution in [-0.4, -0.2) is 40.4 Å². The molecule has 1 aromatic heterocycles. The Hall–Kier alpha value is -0.910. The number of nitrogens with two attached hydrogens (primary N) is 1. The summed E-state index contributed by atoms with van der Waals surface area (Å²) in [5, 5.41) is 4.27. The molecule has 0 aromatic carbocycles. The van der Waals surface area contributed by atoms with Crippen LogP contribution in [0.3, 0.4) is 0 Å². The fourth-order valence-corrected chi connectivity index (χ4v) is 3.82. The lowest BCUT2D eigenvalue weighted by atomic mass is 9.70. The van der Waals surface area contributed by atoms with Gasteiger partial charge in [-0.2, -0.15) is 5.10 Å². The molecular formula is C15H29N5. The molecule has 0 spiro atoms. The number of nitrogens with zero attached hydrogens (tertiary/aromatic N) is 3. The van der Waals surface area contributed by atoms with Gasteiger partial charge in [0, 0.05) is 24.8 Å². The van der Waals surface area contributed by atoms with E-state index < -0.39 is 0 Å². The van der Waals surface area contributed by atoms with Crippen LogP contribution in [0.1, 0.15) is 38.2 Å². The Morgan fingerprint density at radius 3 is 2.85 bits per heavy atom. The highest BCUT2D eigenvalue weighted by atomic mass is 15.3. The SMILES string of the molecule is CC1CCCC(C(Cc2cnn(C)c2)NN)(N(C)C)C1. The van der Waals surface area contributed by atoms with Crippen LogP contribution in [0.4, 0.5) is 0 Å². The molecule has 114 valence electrons. The molecule has 1 aliphatic carbocycles. The number of hydrazine groups is 1. The van der Waals surface area contributed by atoms with Gasteiger partial charge in [0.15, 0.2) is 0 Å². The van der Waals surface area contributed by atoms with Crippen molar-refractivity contribution in [3.8, 4) is 0 Å². The van der Waals surface area contributed by atoms with Crippen LogP contribution < -0.4 is 11.3 Å². The maximum Gasteiger partial charge on any atom is 0.0522 e. The van der Waals surface area contributed by atoms with E-state index >= 15 is 0 Å². The van der Waals surface area contributed by atoms with Crippen LogP contribution >= 0.6 is 0 Å². The van der Waals surface area contributed by atoms with Crippen LogP contribution in [0.15, 0.2) is 12.4 Å². The highest BCUT2D eigenvalue weighted by molar-refractivity contribution is 5.11. The lowest BCUT2D eigenvalue weighted by molar-refractivity contribution is 0.0373. The molecule has 0 amide bonds. The van der Waals surface area contributed by atoms with E-state index in [4.69, 9.17) is 5.84 Å². The van der Waals surface area contributed by atoms with E-state index in [1.54, 1.807) is 0 Å². The fourth-order valence-electron chi connectivity index (χ4n) is 3.82. The summed E-state index contributed by atoms with van der Waals surface area (Å²) in [6.45, 7) is 2.36. The van der Waals surface area contributed by atoms with E-state index in [1.807, 2.05) is 17.9 Å². The number of likely N-dealkylation sites (N-methyl/N-ethyl adjacent to an activating group) is 1. The van der Waals surface area contributed by atoms with Crippen molar-refractivity contribution in [2.45, 2.75) is 50.6 Å². The van der Waals surface area contributed by atoms with Gasteiger partial charge in [-0.1, -0.05) is 19.8 Å². The van der Waals surface area contributed by atoms with E-state index in [0.29, 0.717) is 0 Å². The predicted molar refractivity (Wildman–Crippen MR) is 82.1 cm³/mol. The lowest BCUT2D eigenvalue weighted by Crippen LogP contribution is -2.63. The number of hydrogen-bond donors (Lipinski definition) is 2. The molecule has 3 N–H and O–H groups in total. The second-order valence-electron chi connectivity index (χ2n) is 6.65. The Morgan fingerprint density at radius 1 is 1.60 bits per heavy atom. The summed E-state index contributed by atoms with van der Waals surface area (Å²) >= 11 is 0. The van der Waals surface area contributed by atoms with Crippen molar-refractivity contribution < 1.29 is 0 Å². The molecule has 0 radical (unpaired) electrons. The summed E-state index contributed by atoms with van der Waals surface area (Å²) in [4.78, 5) is 2.38. The van der Waals surface area contributed by atoms with Crippen molar-refractivity contribution >= 4 is 0 Å². The Morgan fingerprint density at radius 2 is 2.35 bits per heavy atom. The van der Waals surface area contributed by atoms with Crippen LogP contribution in [0, 0.1) is 5.92 Å². The first-order valence-electron chi connectivity index (χ1n) is 7.59. The molecule has 20 heavy (non-hydrogen) atoms. The second-order valence-corrected chi connectivity index (χ2v) is 6.65. The first-order valence-corrected chi connectivity index (χ1v) is 7.59. The average molecular weight is 279 g/mol. The van der Waals surface area contributed by atoms with Gasteiger partial charge in [-0.3, -0.25) is 16.0 Å². The van der Waals surface area contributed by atoms with Gasteiger partial charge in [0.25, 0.3) is 0 Å². The number of rotatable bonds is 5. The van der Waals surface area contributed by atoms with E-state index in [9.17, 15) is 0 Å². The monoisotopic (exact) mass is 279 g/mol. The summed E-state index contributed by atoms with van der Waals surface area (Å²) in [6, 6.07) is 0.254. The molecule has 1 aliphatic rings. The third-order valence-electron chi connectivity index (χ3n) is 4.95. The summed E-state index contributed by atoms with van der Waals surface area (Å²) < 4.78 is 1.86. The standard InChI is InChI=1S/C15H29N5/c1-12-6-5-7-15(9-12,19(2)3)14(18-16)8-13-10-17-20(4)11-13/h10-12,14,18H,5-9,16H2,1-4H3. The smallest absolute Gasteiger partial charge is 0.0522 e. The summed E-state index contributed by atoms with van der Waals surface area (Å²) in [5.74, 6) is 6.68. The summed E-state index contributed by atoms with van der Waals surface area (Å²) in [7, 11) is 6.33. The van der Waals surface area contributed by atoms with Crippen molar-refractivity contribution in [2.75, 3.05) is 14.1 Å². The fraction of sp³-hybridized carbons (Fsp3) is 0.800. The molecule has 5 heteroatoms. The first-order chi connectivity index (χ1) is 9.48. The van der Waals surface area contributed by atoms with Crippen molar-refractivity contribution in [3.05, 3.63) is 18.0 Å². The zero-order valence-electron chi connectivity index (χ0n) is 13.3. The number of hydrogen-bond acceptors (Lipinski definition) is 4. The predicted octanol–water partition coefficient (Wildman–Crippen LogP) is 1.31. The molecule has 1 aromatic rings. The third-order valence-corrected chi connectivity index (χ3v) is 4.95. The van der Waals surface area contributed by atoms with E-state index in [0.717, 1.165) is 12.3 Å². The van der Waals surface area contributed by atoms with Crippen molar-refractivity contribution in [1.29, 1.82) is 0 Å². The first kappa shape index (κ1) is 15.5. The van der Waals surface area contributed by atoms with Gasteiger partial charge in [0.2, 0.25) is 0 Å². The number of aromatic nitrogens is 2. The highest BCUT2D eigenvalue weighted by Crippen LogP contribution is 2.38. The Kier molecular flexibility index (Phi) is 4.83. The lowest BCUT2D eigenvalue weighted by Gasteiger charge is -2.50. The minimum atomic E-state index is 0.141. The van der Waals surface area contributed by atoms with Gasteiger partial charge in [-0.05, 0) is 44.8 Å². The molecule has 3 unspecified atom stereocenters. The van der Waals surface area contributed by atoms with E-state index in [1.165, 1.54) is 31.2 Å². The molecule has 0 saturated heterocycles. The van der Waals surface area contributed by atoms with Gasteiger partial charge in [-0.25, -0.2) is 0 Å². The van der Waals surface area contributed by atoms with Crippen LogP contribution in [0.2, 0.25) is 0 Å².